The van der Waals surface area contributed by atoms with E-state index in [4.69, 9.17) is 18.9 Å². The Morgan fingerprint density at radius 3 is 1.26 bits per heavy atom. The summed E-state index contributed by atoms with van der Waals surface area (Å²) in [6.45, 7) is 0. The topological polar surface area (TPSA) is 114 Å². The van der Waals surface area contributed by atoms with Crippen molar-refractivity contribution in [1.82, 2.24) is 29.7 Å². The minimum atomic E-state index is -0.610. The standard InChI is InChI=1S/C27H32N6O5/c1-32-9-7-28-25(32)23(17-11-19(35-3)15-20(12-17)36-4)30-27(34)31-24(26-29-8-10-33(26)2)18-13-21(37-5)16-22(14-18)38-6/h7-16,23-24H,1-6H3,(H2,30,31,34)/t23-,24-/m1/s1. The molecule has 2 aromatic heterocycles. The molecule has 4 aromatic rings. The Kier molecular flexibility index (Phi) is 8.05. The molecule has 2 amide bonds. The molecular weight excluding hydrogens is 488 g/mol. The average Bonchev–Trinajstić information content (AvgIpc) is 3.57. The Balaban J connectivity index is 1.71. The SMILES string of the molecule is COc1cc(OC)cc([C@@H](NC(=O)N[C@H](c2cc(OC)cc(OC)c2)c2nccn2C)c2nccn2C)c1. The van der Waals surface area contributed by atoms with Gasteiger partial charge in [-0.25, -0.2) is 14.8 Å². The highest BCUT2D eigenvalue weighted by Crippen LogP contribution is 2.31. The summed E-state index contributed by atoms with van der Waals surface area (Å²) in [5, 5.41) is 6.15. The van der Waals surface area contributed by atoms with Gasteiger partial charge in [-0.3, -0.25) is 0 Å². The van der Waals surface area contributed by atoms with Crippen molar-refractivity contribution in [2.75, 3.05) is 28.4 Å². The number of rotatable bonds is 10. The van der Waals surface area contributed by atoms with Crippen LogP contribution in [0.1, 0.15) is 34.9 Å². The van der Waals surface area contributed by atoms with Gasteiger partial charge in [0.15, 0.2) is 0 Å². The zero-order chi connectivity index (χ0) is 27.2. The monoisotopic (exact) mass is 520 g/mol. The number of methoxy groups -OCH3 is 4. The molecule has 2 atom stereocenters. The summed E-state index contributed by atoms with van der Waals surface area (Å²) in [5.41, 5.74) is 1.48. The molecule has 38 heavy (non-hydrogen) atoms. The zero-order valence-corrected chi connectivity index (χ0v) is 22.3. The normalized spacial score (nSPS) is 12.4. The first-order valence-corrected chi connectivity index (χ1v) is 11.8. The van der Waals surface area contributed by atoms with E-state index in [1.165, 1.54) is 0 Å². The van der Waals surface area contributed by atoms with Gasteiger partial charge in [0.05, 0.1) is 28.4 Å². The zero-order valence-electron chi connectivity index (χ0n) is 22.3. The second kappa shape index (κ2) is 11.6. The minimum absolute atomic E-state index is 0.436. The molecule has 2 N–H and O–H groups in total. The molecule has 0 fully saturated rings. The molecule has 0 aliphatic heterocycles. The summed E-state index contributed by atoms with van der Waals surface area (Å²) in [7, 11) is 10.0. The van der Waals surface area contributed by atoms with Gasteiger partial charge < -0.3 is 38.7 Å². The van der Waals surface area contributed by atoms with Crippen LogP contribution >= 0.6 is 0 Å². The highest BCUT2D eigenvalue weighted by Gasteiger charge is 2.27. The van der Waals surface area contributed by atoms with E-state index >= 15 is 0 Å². The van der Waals surface area contributed by atoms with Crippen molar-refractivity contribution >= 4 is 6.03 Å². The van der Waals surface area contributed by atoms with Crippen molar-refractivity contribution in [3.05, 3.63) is 84.0 Å². The number of aryl methyl sites for hydroxylation is 2. The minimum Gasteiger partial charge on any atom is -0.497 e. The van der Waals surface area contributed by atoms with Crippen molar-refractivity contribution in [1.29, 1.82) is 0 Å². The molecule has 0 saturated heterocycles. The molecule has 11 nitrogen and oxygen atoms in total. The predicted molar refractivity (Wildman–Crippen MR) is 141 cm³/mol. The maximum atomic E-state index is 13.6. The van der Waals surface area contributed by atoms with E-state index in [1.807, 2.05) is 59.9 Å². The van der Waals surface area contributed by atoms with Crippen LogP contribution in [0.15, 0.2) is 61.2 Å². The highest BCUT2D eigenvalue weighted by atomic mass is 16.5. The quantitative estimate of drug-likeness (QED) is 0.330. The third-order valence-electron chi connectivity index (χ3n) is 6.20. The summed E-state index contributed by atoms with van der Waals surface area (Å²) in [6.07, 6.45) is 6.99. The number of amides is 2. The number of ether oxygens (including phenoxy) is 4. The summed E-state index contributed by atoms with van der Waals surface area (Å²) in [6, 6.07) is 9.24. The fourth-order valence-corrected chi connectivity index (χ4v) is 4.20. The maximum absolute atomic E-state index is 13.6. The molecule has 2 aromatic carbocycles. The van der Waals surface area contributed by atoms with Crippen molar-refractivity contribution in [2.45, 2.75) is 12.1 Å². The third-order valence-corrected chi connectivity index (χ3v) is 6.20. The lowest BCUT2D eigenvalue weighted by molar-refractivity contribution is 0.235. The van der Waals surface area contributed by atoms with Gasteiger partial charge in [-0.2, -0.15) is 0 Å². The molecule has 0 bridgehead atoms. The van der Waals surface area contributed by atoms with Crippen LogP contribution in [0.5, 0.6) is 23.0 Å². The number of hydrogen-bond donors (Lipinski definition) is 2. The number of benzene rings is 2. The largest absolute Gasteiger partial charge is 0.497 e. The summed E-state index contributed by atoms with van der Waals surface area (Å²) >= 11 is 0. The highest BCUT2D eigenvalue weighted by molar-refractivity contribution is 5.76. The Morgan fingerprint density at radius 2 is 1.00 bits per heavy atom. The van der Waals surface area contributed by atoms with Gasteiger partial charge in [0.1, 0.15) is 46.7 Å². The fourth-order valence-electron chi connectivity index (χ4n) is 4.20. The number of hydrogen-bond acceptors (Lipinski definition) is 7. The number of carbonyl (C=O) groups excluding carboxylic acids is 1. The van der Waals surface area contributed by atoms with Crippen LogP contribution in [-0.2, 0) is 14.1 Å². The van der Waals surface area contributed by atoms with E-state index in [0.29, 0.717) is 34.6 Å². The van der Waals surface area contributed by atoms with Crippen molar-refractivity contribution < 1.29 is 23.7 Å². The fraction of sp³-hybridized carbons (Fsp3) is 0.296. The van der Waals surface area contributed by atoms with E-state index in [1.54, 1.807) is 53.0 Å². The van der Waals surface area contributed by atoms with Gasteiger partial charge in [0, 0.05) is 51.0 Å². The van der Waals surface area contributed by atoms with Crippen LogP contribution in [0.4, 0.5) is 4.79 Å². The molecule has 0 radical (unpaired) electrons. The Hall–Kier alpha value is -4.67. The summed E-state index contributed by atoms with van der Waals surface area (Å²) in [5.74, 6) is 3.63. The van der Waals surface area contributed by atoms with Gasteiger partial charge in [-0.15, -0.1) is 0 Å². The molecule has 4 rings (SSSR count). The molecule has 0 aliphatic carbocycles. The lowest BCUT2D eigenvalue weighted by atomic mass is 10.0. The number of urea groups is 1. The van der Waals surface area contributed by atoms with Gasteiger partial charge in [-0.05, 0) is 35.4 Å². The van der Waals surface area contributed by atoms with E-state index in [0.717, 1.165) is 11.1 Å². The lowest BCUT2D eigenvalue weighted by Gasteiger charge is -2.24. The van der Waals surface area contributed by atoms with Crippen molar-refractivity contribution in [2.24, 2.45) is 14.1 Å². The first kappa shape index (κ1) is 26.4. The van der Waals surface area contributed by atoms with E-state index < -0.39 is 18.1 Å². The van der Waals surface area contributed by atoms with E-state index in [9.17, 15) is 4.79 Å². The molecule has 0 aliphatic rings. The molecule has 0 unspecified atom stereocenters. The number of nitrogens with one attached hydrogen (secondary N) is 2. The van der Waals surface area contributed by atoms with Gasteiger partial charge in [-0.1, -0.05) is 0 Å². The molecule has 0 spiro atoms. The van der Waals surface area contributed by atoms with Gasteiger partial charge >= 0.3 is 6.03 Å². The Labute approximate surface area is 221 Å². The van der Waals surface area contributed by atoms with Gasteiger partial charge in [0.2, 0.25) is 0 Å². The Bertz CT molecular complexity index is 1250. The van der Waals surface area contributed by atoms with Crippen LogP contribution in [-0.4, -0.2) is 53.6 Å². The van der Waals surface area contributed by atoms with E-state index in [2.05, 4.69) is 20.6 Å². The van der Waals surface area contributed by atoms with Crippen molar-refractivity contribution in [3.8, 4) is 23.0 Å². The summed E-state index contributed by atoms with van der Waals surface area (Å²) < 4.78 is 25.5. The third kappa shape index (κ3) is 5.66. The molecule has 11 heteroatoms. The van der Waals surface area contributed by atoms with Crippen molar-refractivity contribution in [3.63, 3.8) is 0 Å². The lowest BCUT2D eigenvalue weighted by Crippen LogP contribution is -2.42. The molecule has 200 valence electrons. The number of carbonyl (C=O) groups is 1. The average molecular weight is 521 g/mol. The van der Waals surface area contributed by atoms with E-state index in [-0.39, 0.29) is 0 Å². The van der Waals surface area contributed by atoms with Crippen LogP contribution < -0.4 is 29.6 Å². The Morgan fingerprint density at radius 1 is 0.658 bits per heavy atom. The second-order valence-electron chi connectivity index (χ2n) is 8.57. The molecule has 2 heterocycles. The number of aromatic nitrogens is 4. The first-order valence-electron chi connectivity index (χ1n) is 11.8. The molecule has 0 saturated carbocycles. The smallest absolute Gasteiger partial charge is 0.316 e. The first-order chi connectivity index (χ1) is 18.4. The number of imidazole rings is 2. The number of nitrogens with zero attached hydrogens (tertiary/aromatic N) is 4. The van der Waals surface area contributed by atoms with Crippen LogP contribution in [0.25, 0.3) is 0 Å². The maximum Gasteiger partial charge on any atom is 0.316 e. The second-order valence-corrected chi connectivity index (χ2v) is 8.57. The van der Waals surface area contributed by atoms with Crippen LogP contribution in [0.2, 0.25) is 0 Å². The van der Waals surface area contributed by atoms with Gasteiger partial charge in [0.25, 0.3) is 0 Å². The molecular formula is C27H32N6O5. The summed E-state index contributed by atoms with van der Waals surface area (Å²) in [4.78, 5) is 22.6. The predicted octanol–water partition coefficient (Wildman–Crippen LogP) is 3.37. The van der Waals surface area contributed by atoms with Crippen LogP contribution in [0, 0.1) is 0 Å². The van der Waals surface area contributed by atoms with Crippen LogP contribution in [0.3, 0.4) is 0 Å².